The van der Waals surface area contributed by atoms with Crippen molar-refractivity contribution in [2.45, 2.75) is 20.8 Å². The Labute approximate surface area is 98.6 Å². The molecular weight excluding hydrogens is 228 g/mol. The van der Waals surface area contributed by atoms with E-state index in [0.717, 1.165) is 0 Å². The van der Waals surface area contributed by atoms with Gasteiger partial charge in [-0.2, -0.15) is 4.98 Å². The fourth-order valence-corrected chi connectivity index (χ4v) is 1.70. The number of anilines is 2. The number of fused-ring (bicyclic) bond motifs is 1. The zero-order valence-corrected chi connectivity index (χ0v) is 10.1. The maximum absolute atomic E-state index is 11.9. The first-order valence-corrected chi connectivity index (χ1v) is 5.37. The number of aryl methyl sites for hydroxylation is 1. The van der Waals surface area contributed by atoms with Crippen LogP contribution in [0.3, 0.4) is 0 Å². The number of hydrogen-bond acceptors (Lipinski definition) is 4. The summed E-state index contributed by atoms with van der Waals surface area (Å²) in [5.41, 5.74) is 0.785. The Balaban J connectivity index is 2.49. The van der Waals surface area contributed by atoms with E-state index >= 15 is 0 Å². The molecule has 5 nitrogen and oxygen atoms in total. The van der Waals surface area contributed by atoms with Crippen LogP contribution >= 0.6 is 11.6 Å². The van der Waals surface area contributed by atoms with Crippen molar-refractivity contribution in [3.63, 3.8) is 0 Å². The summed E-state index contributed by atoms with van der Waals surface area (Å²) in [6, 6.07) is 0. The molecule has 0 atom stereocenters. The number of carbonyl (C=O) groups is 1. The molecule has 0 bridgehead atoms. The largest absolute Gasteiger partial charge is 0.367 e. The first-order chi connectivity index (χ1) is 7.40. The van der Waals surface area contributed by atoms with Crippen LogP contribution in [0.25, 0.3) is 0 Å². The standard InChI is InChI=1S/C10H13ClN4O/c1-5-6-7(15-9(11)13-5)12-4-10(2,3)8(16)14-6/h4H2,1-3H3,(H,14,16)(H,12,13,15). The van der Waals surface area contributed by atoms with Gasteiger partial charge in [-0.3, -0.25) is 4.79 Å². The highest BCUT2D eigenvalue weighted by molar-refractivity contribution is 6.28. The summed E-state index contributed by atoms with van der Waals surface area (Å²) in [4.78, 5) is 20.0. The van der Waals surface area contributed by atoms with Crippen molar-refractivity contribution in [2.24, 2.45) is 5.41 Å². The topological polar surface area (TPSA) is 66.9 Å². The highest BCUT2D eigenvalue weighted by atomic mass is 35.5. The first-order valence-electron chi connectivity index (χ1n) is 4.99. The monoisotopic (exact) mass is 240 g/mol. The Morgan fingerprint density at radius 1 is 1.38 bits per heavy atom. The Morgan fingerprint density at radius 2 is 2.06 bits per heavy atom. The van der Waals surface area contributed by atoms with Gasteiger partial charge in [0.25, 0.3) is 0 Å². The number of carbonyl (C=O) groups excluding carboxylic acids is 1. The van der Waals surface area contributed by atoms with Crippen molar-refractivity contribution in [2.75, 3.05) is 17.2 Å². The average Bonchev–Trinajstić information content (AvgIpc) is 2.28. The molecule has 0 radical (unpaired) electrons. The molecule has 0 unspecified atom stereocenters. The SMILES string of the molecule is Cc1nc(Cl)nc2c1NC(=O)C(C)(C)CN2. The molecule has 86 valence electrons. The van der Waals surface area contributed by atoms with Gasteiger partial charge < -0.3 is 10.6 Å². The maximum Gasteiger partial charge on any atom is 0.231 e. The van der Waals surface area contributed by atoms with Crippen LogP contribution in [0.1, 0.15) is 19.5 Å². The molecule has 2 heterocycles. The maximum atomic E-state index is 11.9. The van der Waals surface area contributed by atoms with Crippen LogP contribution in [0.15, 0.2) is 0 Å². The van der Waals surface area contributed by atoms with Gasteiger partial charge in [0.15, 0.2) is 5.82 Å². The third-order valence-electron chi connectivity index (χ3n) is 2.61. The van der Waals surface area contributed by atoms with Crippen LogP contribution in [0.4, 0.5) is 11.5 Å². The lowest BCUT2D eigenvalue weighted by atomic mass is 9.93. The summed E-state index contributed by atoms with van der Waals surface area (Å²) in [6.07, 6.45) is 0. The van der Waals surface area contributed by atoms with Crippen LogP contribution in [0, 0.1) is 12.3 Å². The Morgan fingerprint density at radius 3 is 2.75 bits per heavy atom. The lowest BCUT2D eigenvalue weighted by molar-refractivity contribution is -0.123. The van der Waals surface area contributed by atoms with Crippen molar-refractivity contribution < 1.29 is 4.79 Å². The summed E-state index contributed by atoms with van der Waals surface area (Å²) in [6.45, 7) is 6.03. The van der Waals surface area contributed by atoms with Crippen LogP contribution in [0.5, 0.6) is 0 Å². The van der Waals surface area contributed by atoms with Crippen LogP contribution in [0.2, 0.25) is 5.28 Å². The molecule has 16 heavy (non-hydrogen) atoms. The van der Waals surface area contributed by atoms with Gasteiger partial charge in [-0.05, 0) is 32.4 Å². The lowest BCUT2D eigenvalue weighted by Gasteiger charge is -2.19. The summed E-state index contributed by atoms with van der Waals surface area (Å²) in [5.74, 6) is 0.532. The van der Waals surface area contributed by atoms with Crippen LogP contribution in [-0.2, 0) is 4.79 Å². The minimum Gasteiger partial charge on any atom is -0.367 e. The summed E-state index contributed by atoms with van der Waals surface area (Å²) < 4.78 is 0. The van der Waals surface area contributed by atoms with Gasteiger partial charge in [0.1, 0.15) is 5.69 Å². The van der Waals surface area contributed by atoms with E-state index in [-0.39, 0.29) is 11.2 Å². The highest BCUT2D eigenvalue weighted by Crippen LogP contribution is 2.30. The minimum absolute atomic E-state index is 0.0484. The second kappa shape index (κ2) is 3.59. The molecule has 0 saturated carbocycles. The molecular formula is C10H13ClN4O. The van der Waals surface area contributed by atoms with Gasteiger partial charge in [0.2, 0.25) is 11.2 Å². The van der Waals surface area contributed by atoms with Crippen molar-refractivity contribution in [3.05, 3.63) is 11.0 Å². The summed E-state index contributed by atoms with van der Waals surface area (Å²) in [7, 11) is 0. The van der Waals surface area contributed by atoms with E-state index in [1.807, 2.05) is 13.8 Å². The predicted molar refractivity (Wildman–Crippen MR) is 62.7 cm³/mol. The van der Waals surface area contributed by atoms with Crippen molar-refractivity contribution in [1.29, 1.82) is 0 Å². The van der Waals surface area contributed by atoms with E-state index < -0.39 is 5.41 Å². The number of rotatable bonds is 0. The highest BCUT2D eigenvalue weighted by Gasteiger charge is 2.32. The molecule has 0 aromatic carbocycles. The lowest BCUT2D eigenvalue weighted by Crippen LogP contribution is -2.34. The van der Waals surface area contributed by atoms with Crippen LogP contribution < -0.4 is 10.6 Å². The predicted octanol–water partition coefficient (Wildman–Crippen LogP) is 1.83. The third kappa shape index (κ3) is 1.82. The smallest absolute Gasteiger partial charge is 0.231 e. The number of nitrogens with zero attached hydrogens (tertiary/aromatic N) is 2. The number of hydrogen-bond donors (Lipinski definition) is 2. The third-order valence-corrected chi connectivity index (χ3v) is 2.78. The van der Waals surface area contributed by atoms with E-state index in [1.54, 1.807) is 6.92 Å². The van der Waals surface area contributed by atoms with Crippen molar-refractivity contribution in [1.82, 2.24) is 9.97 Å². The van der Waals surface area contributed by atoms with Gasteiger partial charge in [-0.1, -0.05) is 0 Å². The Hall–Kier alpha value is -1.36. The Bertz CT molecular complexity index is 458. The van der Waals surface area contributed by atoms with Gasteiger partial charge in [-0.25, -0.2) is 4.98 Å². The molecule has 6 heteroatoms. The zero-order chi connectivity index (χ0) is 11.9. The first kappa shape index (κ1) is 11.1. The number of halogens is 1. The molecule has 1 aromatic heterocycles. The molecule has 1 aliphatic heterocycles. The number of aromatic nitrogens is 2. The van der Waals surface area contributed by atoms with E-state index in [0.29, 0.717) is 23.7 Å². The van der Waals surface area contributed by atoms with Crippen molar-refractivity contribution >= 4 is 29.0 Å². The molecule has 1 aromatic rings. The molecule has 1 amide bonds. The van der Waals surface area contributed by atoms with E-state index in [4.69, 9.17) is 11.6 Å². The van der Waals surface area contributed by atoms with Gasteiger partial charge in [-0.15, -0.1) is 0 Å². The zero-order valence-electron chi connectivity index (χ0n) is 9.39. The fourth-order valence-electron chi connectivity index (χ4n) is 1.48. The normalized spacial score (nSPS) is 18.1. The average molecular weight is 241 g/mol. The quantitative estimate of drug-likeness (QED) is 0.679. The second-order valence-electron chi connectivity index (χ2n) is 4.49. The summed E-state index contributed by atoms with van der Waals surface area (Å²) in [5, 5.41) is 6.11. The molecule has 2 N–H and O–H groups in total. The molecule has 0 aliphatic carbocycles. The molecule has 1 aliphatic rings. The van der Waals surface area contributed by atoms with Gasteiger partial charge in [0.05, 0.1) is 11.1 Å². The van der Waals surface area contributed by atoms with Gasteiger partial charge >= 0.3 is 0 Å². The number of nitrogens with one attached hydrogen (secondary N) is 2. The van der Waals surface area contributed by atoms with Crippen LogP contribution in [-0.4, -0.2) is 22.4 Å². The fraction of sp³-hybridized carbons (Fsp3) is 0.500. The molecule has 0 saturated heterocycles. The molecule has 0 fully saturated rings. The number of amides is 1. The molecule has 2 rings (SSSR count). The van der Waals surface area contributed by atoms with E-state index in [1.165, 1.54) is 0 Å². The second-order valence-corrected chi connectivity index (χ2v) is 4.83. The van der Waals surface area contributed by atoms with Gasteiger partial charge in [0, 0.05) is 6.54 Å². The molecule has 0 spiro atoms. The van der Waals surface area contributed by atoms with E-state index in [2.05, 4.69) is 20.6 Å². The van der Waals surface area contributed by atoms with Crippen molar-refractivity contribution in [3.8, 4) is 0 Å². The minimum atomic E-state index is -0.486. The summed E-state index contributed by atoms with van der Waals surface area (Å²) >= 11 is 5.77. The Kier molecular flexibility index (Phi) is 2.50. The van der Waals surface area contributed by atoms with E-state index in [9.17, 15) is 4.79 Å².